The minimum absolute atomic E-state index is 0.305. The van der Waals surface area contributed by atoms with Crippen LogP contribution in [-0.2, 0) is 6.54 Å². The fourth-order valence-electron chi connectivity index (χ4n) is 2.53. The highest BCUT2D eigenvalue weighted by Crippen LogP contribution is 2.18. The van der Waals surface area contributed by atoms with E-state index in [1.165, 1.54) is 5.56 Å². The van der Waals surface area contributed by atoms with Gasteiger partial charge in [-0.1, -0.05) is 0 Å². The van der Waals surface area contributed by atoms with E-state index in [9.17, 15) is 0 Å². The van der Waals surface area contributed by atoms with Crippen molar-refractivity contribution in [2.75, 3.05) is 33.7 Å². The minimum atomic E-state index is 0.305. The summed E-state index contributed by atoms with van der Waals surface area (Å²) in [4.78, 5) is 8.70. The maximum atomic E-state index is 6.19. The summed E-state index contributed by atoms with van der Waals surface area (Å²) in [7, 11) is 4.22. The van der Waals surface area contributed by atoms with Crippen LogP contribution < -0.4 is 5.73 Å². The number of likely N-dealkylation sites (tertiary alicyclic amines) is 1. The molecule has 1 fully saturated rings. The van der Waals surface area contributed by atoms with E-state index in [-0.39, 0.29) is 0 Å². The van der Waals surface area contributed by atoms with Gasteiger partial charge in [0.25, 0.3) is 0 Å². The number of rotatable bonds is 4. The van der Waals surface area contributed by atoms with Gasteiger partial charge < -0.3 is 10.6 Å². The predicted octanol–water partition coefficient (Wildman–Crippen LogP) is 0.402. The third-order valence-corrected chi connectivity index (χ3v) is 3.32. The van der Waals surface area contributed by atoms with Gasteiger partial charge in [0.05, 0.1) is 0 Å². The Labute approximate surface area is 103 Å². The zero-order valence-electron chi connectivity index (χ0n) is 10.7. The van der Waals surface area contributed by atoms with E-state index in [1.54, 1.807) is 0 Å². The van der Waals surface area contributed by atoms with Crippen molar-refractivity contribution in [3.63, 3.8) is 0 Å². The molecule has 1 aliphatic heterocycles. The second kappa shape index (κ2) is 5.58. The number of aromatic nitrogens is 1. The Balaban J connectivity index is 1.88. The molecule has 94 valence electrons. The van der Waals surface area contributed by atoms with Crippen molar-refractivity contribution in [2.45, 2.75) is 12.6 Å². The van der Waals surface area contributed by atoms with Crippen LogP contribution in [0.2, 0.25) is 0 Å². The maximum absolute atomic E-state index is 6.19. The smallest absolute Gasteiger partial charge is 0.0271 e. The Bertz CT molecular complexity index is 339. The van der Waals surface area contributed by atoms with Crippen molar-refractivity contribution in [1.29, 1.82) is 0 Å². The zero-order valence-corrected chi connectivity index (χ0v) is 10.7. The summed E-state index contributed by atoms with van der Waals surface area (Å²) in [5.41, 5.74) is 7.51. The fraction of sp³-hybridized carbons (Fsp3) is 0.615. The number of nitrogens with zero attached hydrogens (tertiary/aromatic N) is 3. The standard InChI is InChI=1S/C13H22N4/c1-16(2)8-12-9-17(10-13(12)14)7-11-3-5-15-6-4-11/h3-6,12-13H,7-10,14H2,1-2H3/t12-,13-/m1/s1. The molecule has 4 heteroatoms. The summed E-state index contributed by atoms with van der Waals surface area (Å²) >= 11 is 0. The van der Waals surface area contributed by atoms with Crippen LogP contribution in [0.4, 0.5) is 0 Å². The van der Waals surface area contributed by atoms with Gasteiger partial charge in [0.1, 0.15) is 0 Å². The molecule has 0 aromatic carbocycles. The average Bonchev–Trinajstić information content (AvgIpc) is 2.59. The van der Waals surface area contributed by atoms with Gasteiger partial charge in [-0.15, -0.1) is 0 Å². The van der Waals surface area contributed by atoms with Gasteiger partial charge in [-0.3, -0.25) is 9.88 Å². The second-order valence-corrected chi connectivity index (χ2v) is 5.24. The maximum Gasteiger partial charge on any atom is 0.0271 e. The molecule has 2 heterocycles. The lowest BCUT2D eigenvalue weighted by atomic mass is 10.0. The molecule has 1 aromatic rings. The summed E-state index contributed by atoms with van der Waals surface area (Å²) < 4.78 is 0. The van der Waals surface area contributed by atoms with E-state index in [0.29, 0.717) is 12.0 Å². The number of hydrogen-bond acceptors (Lipinski definition) is 4. The molecule has 0 saturated carbocycles. The highest BCUT2D eigenvalue weighted by molar-refractivity contribution is 5.10. The van der Waals surface area contributed by atoms with E-state index in [4.69, 9.17) is 5.73 Å². The third kappa shape index (κ3) is 3.49. The average molecular weight is 234 g/mol. The number of hydrogen-bond donors (Lipinski definition) is 1. The van der Waals surface area contributed by atoms with Crippen LogP contribution in [0.1, 0.15) is 5.56 Å². The van der Waals surface area contributed by atoms with E-state index in [0.717, 1.165) is 26.2 Å². The summed E-state index contributed by atoms with van der Waals surface area (Å²) in [6.45, 7) is 4.16. The Morgan fingerprint density at radius 2 is 2.06 bits per heavy atom. The molecule has 0 unspecified atom stereocenters. The summed E-state index contributed by atoms with van der Waals surface area (Å²) in [6, 6.07) is 4.45. The minimum Gasteiger partial charge on any atom is -0.326 e. The normalized spacial score (nSPS) is 25.6. The lowest BCUT2D eigenvalue weighted by molar-refractivity contribution is 0.284. The molecule has 17 heavy (non-hydrogen) atoms. The van der Waals surface area contributed by atoms with Gasteiger partial charge in [-0.2, -0.15) is 0 Å². The topological polar surface area (TPSA) is 45.4 Å². The molecule has 2 N–H and O–H groups in total. The van der Waals surface area contributed by atoms with Crippen molar-refractivity contribution in [2.24, 2.45) is 11.7 Å². The SMILES string of the molecule is CN(C)C[C@@H]1CN(Cc2ccncc2)C[C@H]1N. The number of nitrogens with two attached hydrogens (primary N) is 1. The molecule has 4 nitrogen and oxygen atoms in total. The van der Waals surface area contributed by atoms with Crippen molar-refractivity contribution in [3.8, 4) is 0 Å². The highest BCUT2D eigenvalue weighted by Gasteiger charge is 2.29. The van der Waals surface area contributed by atoms with Gasteiger partial charge in [0.2, 0.25) is 0 Å². The third-order valence-electron chi connectivity index (χ3n) is 3.32. The van der Waals surface area contributed by atoms with E-state index in [1.807, 2.05) is 12.4 Å². The molecule has 0 amide bonds. The first-order valence-corrected chi connectivity index (χ1v) is 6.16. The van der Waals surface area contributed by atoms with Crippen LogP contribution in [0.5, 0.6) is 0 Å². The van der Waals surface area contributed by atoms with E-state index >= 15 is 0 Å². The lowest BCUT2D eigenvalue weighted by Crippen LogP contribution is -2.35. The molecule has 0 bridgehead atoms. The van der Waals surface area contributed by atoms with E-state index in [2.05, 4.69) is 41.0 Å². The summed E-state index contributed by atoms with van der Waals surface area (Å²) in [5.74, 6) is 0.590. The van der Waals surface area contributed by atoms with Gasteiger partial charge in [-0.05, 0) is 31.8 Å². The van der Waals surface area contributed by atoms with Gasteiger partial charge in [0, 0.05) is 50.5 Å². The van der Waals surface area contributed by atoms with Gasteiger partial charge >= 0.3 is 0 Å². The Hall–Kier alpha value is -0.970. The van der Waals surface area contributed by atoms with Crippen molar-refractivity contribution in [1.82, 2.24) is 14.8 Å². The van der Waals surface area contributed by atoms with Crippen LogP contribution in [0, 0.1) is 5.92 Å². The quantitative estimate of drug-likeness (QED) is 0.819. The predicted molar refractivity (Wildman–Crippen MR) is 69.5 cm³/mol. The van der Waals surface area contributed by atoms with Crippen LogP contribution in [0.15, 0.2) is 24.5 Å². The molecule has 2 rings (SSSR count). The van der Waals surface area contributed by atoms with Crippen LogP contribution in [0.3, 0.4) is 0 Å². The number of pyridine rings is 1. The lowest BCUT2D eigenvalue weighted by Gasteiger charge is -2.19. The van der Waals surface area contributed by atoms with Gasteiger partial charge in [0.15, 0.2) is 0 Å². The first-order chi connectivity index (χ1) is 8.15. The Morgan fingerprint density at radius 3 is 2.71 bits per heavy atom. The second-order valence-electron chi connectivity index (χ2n) is 5.24. The van der Waals surface area contributed by atoms with Crippen molar-refractivity contribution >= 4 is 0 Å². The molecule has 0 radical (unpaired) electrons. The largest absolute Gasteiger partial charge is 0.326 e. The van der Waals surface area contributed by atoms with Gasteiger partial charge in [-0.25, -0.2) is 0 Å². The molecule has 0 spiro atoms. The Morgan fingerprint density at radius 1 is 1.35 bits per heavy atom. The summed E-state index contributed by atoms with van der Waals surface area (Å²) in [6.07, 6.45) is 3.70. The first-order valence-electron chi connectivity index (χ1n) is 6.16. The first kappa shape index (κ1) is 12.5. The molecular formula is C13H22N4. The molecule has 1 aliphatic rings. The monoisotopic (exact) mass is 234 g/mol. The fourth-order valence-corrected chi connectivity index (χ4v) is 2.53. The van der Waals surface area contributed by atoms with Crippen LogP contribution >= 0.6 is 0 Å². The van der Waals surface area contributed by atoms with Crippen molar-refractivity contribution in [3.05, 3.63) is 30.1 Å². The summed E-state index contributed by atoms with van der Waals surface area (Å²) in [5, 5.41) is 0. The highest BCUT2D eigenvalue weighted by atomic mass is 15.2. The molecule has 2 atom stereocenters. The Kier molecular flexibility index (Phi) is 4.10. The molecular weight excluding hydrogens is 212 g/mol. The van der Waals surface area contributed by atoms with Crippen LogP contribution in [0.25, 0.3) is 0 Å². The van der Waals surface area contributed by atoms with E-state index < -0.39 is 0 Å². The molecule has 1 saturated heterocycles. The van der Waals surface area contributed by atoms with Crippen molar-refractivity contribution < 1.29 is 0 Å². The molecule has 0 aliphatic carbocycles. The van der Waals surface area contributed by atoms with Crippen LogP contribution in [-0.4, -0.2) is 54.6 Å². The molecule has 1 aromatic heterocycles. The zero-order chi connectivity index (χ0) is 12.3.